The summed E-state index contributed by atoms with van der Waals surface area (Å²) >= 11 is 0. The zero-order valence-electron chi connectivity index (χ0n) is 27.5. The number of carbonyl (C=O) groups excluding carboxylic acids is 3. The average Bonchev–Trinajstić information content (AvgIpc) is 2.93. The zero-order valence-corrected chi connectivity index (χ0v) is 27.5. The van der Waals surface area contributed by atoms with Crippen LogP contribution in [0.3, 0.4) is 0 Å². The van der Waals surface area contributed by atoms with Gasteiger partial charge in [-0.05, 0) is 92.2 Å². The van der Waals surface area contributed by atoms with Crippen LogP contribution in [0.15, 0.2) is 18.2 Å². The fraction of sp³-hybridized carbons (Fsp3) is 0.719. The molecule has 43 heavy (non-hydrogen) atoms. The minimum atomic E-state index is -0.486. The maximum Gasteiger partial charge on any atom is 0.319 e. The van der Waals surface area contributed by atoms with E-state index in [4.69, 9.17) is 9.47 Å². The van der Waals surface area contributed by atoms with Crippen molar-refractivity contribution in [3.8, 4) is 5.75 Å². The van der Waals surface area contributed by atoms with Gasteiger partial charge >= 0.3 is 6.03 Å². The topological polar surface area (TPSA) is 124 Å². The van der Waals surface area contributed by atoms with Crippen molar-refractivity contribution in [1.82, 2.24) is 20.0 Å². The van der Waals surface area contributed by atoms with E-state index >= 15 is 0 Å². The third-order valence-corrected chi connectivity index (χ3v) is 7.60. The molecule has 0 bridgehead atoms. The highest BCUT2D eigenvalue weighted by Crippen LogP contribution is 2.28. The Labute approximate surface area is 258 Å². The quantitative estimate of drug-likeness (QED) is 0.371. The number of likely N-dealkylation sites (N-methyl/N-ethyl adjacent to an activating group) is 1. The maximum absolute atomic E-state index is 14.2. The molecule has 0 aliphatic carbocycles. The fourth-order valence-corrected chi connectivity index (χ4v) is 5.00. The summed E-state index contributed by atoms with van der Waals surface area (Å²) < 4.78 is 12.6. The van der Waals surface area contributed by atoms with E-state index in [2.05, 4.69) is 15.5 Å². The number of benzene rings is 1. The Morgan fingerprint density at radius 2 is 1.86 bits per heavy atom. The Bertz CT molecular complexity index is 1040. The van der Waals surface area contributed by atoms with E-state index in [0.29, 0.717) is 43.1 Å². The summed E-state index contributed by atoms with van der Waals surface area (Å²) in [6, 6.07) is 4.17. The minimum Gasteiger partial charge on any atom is -0.490 e. The van der Waals surface area contributed by atoms with Crippen molar-refractivity contribution in [3.63, 3.8) is 0 Å². The van der Waals surface area contributed by atoms with Gasteiger partial charge < -0.3 is 39.9 Å². The van der Waals surface area contributed by atoms with E-state index < -0.39 is 6.04 Å². The van der Waals surface area contributed by atoms with E-state index in [-0.39, 0.29) is 48.6 Å². The molecule has 1 aromatic carbocycles. The molecule has 11 nitrogen and oxygen atoms in total. The van der Waals surface area contributed by atoms with Gasteiger partial charge in [-0.1, -0.05) is 6.92 Å². The number of carbonyl (C=O) groups is 3. The molecule has 0 saturated heterocycles. The van der Waals surface area contributed by atoms with Crippen molar-refractivity contribution in [2.45, 2.75) is 91.0 Å². The molecule has 4 atom stereocenters. The average molecular weight is 606 g/mol. The van der Waals surface area contributed by atoms with E-state index in [1.165, 1.54) is 0 Å². The molecule has 3 N–H and O–H groups in total. The van der Waals surface area contributed by atoms with Gasteiger partial charge in [0.15, 0.2) is 0 Å². The summed E-state index contributed by atoms with van der Waals surface area (Å²) in [4.78, 5) is 44.9. The Morgan fingerprint density at radius 1 is 1.14 bits per heavy atom. The third kappa shape index (κ3) is 12.3. The molecule has 0 aromatic heterocycles. The zero-order chi connectivity index (χ0) is 32.1. The first-order valence-corrected chi connectivity index (χ1v) is 15.6. The summed E-state index contributed by atoms with van der Waals surface area (Å²) in [5.41, 5.74) is 0.771. The van der Waals surface area contributed by atoms with Gasteiger partial charge in [0.25, 0.3) is 5.91 Å². The first-order valence-electron chi connectivity index (χ1n) is 15.6. The SMILES string of the molecule is CC(C)NC(=O)Nc1ccc2c(c1)C(=O)N([C@H](C)CO)C[C@H](C)[C@@H](CN(C)C(=O)CCCN(C)C)OCCCC[C@@H](C)O2. The predicted molar refractivity (Wildman–Crippen MR) is 170 cm³/mol. The summed E-state index contributed by atoms with van der Waals surface area (Å²) in [5.74, 6) is 0.0462. The second-order valence-corrected chi connectivity index (χ2v) is 12.4. The van der Waals surface area contributed by atoms with Gasteiger partial charge in [-0.2, -0.15) is 0 Å². The van der Waals surface area contributed by atoms with Crippen LogP contribution in [-0.2, 0) is 9.53 Å². The first kappa shape index (κ1) is 36.3. The predicted octanol–water partition coefficient (Wildman–Crippen LogP) is 3.81. The normalized spacial score (nSPS) is 21.0. The second kappa shape index (κ2) is 18.0. The minimum absolute atomic E-state index is 0.0481. The van der Waals surface area contributed by atoms with Crippen LogP contribution in [0.25, 0.3) is 0 Å². The number of fused-ring (bicyclic) bond motifs is 1. The highest BCUT2D eigenvalue weighted by molar-refractivity contribution is 5.99. The van der Waals surface area contributed by atoms with Crippen molar-refractivity contribution in [2.75, 3.05) is 59.3 Å². The lowest BCUT2D eigenvalue weighted by atomic mass is 10.0. The standard InChI is InChI=1S/C32H55N5O6/c1-22(2)33-32(41)34-26-14-15-28-27(18-26)31(40)37(24(4)21-38)19-23(3)29(42-17-10-9-12-25(5)43-28)20-36(8)30(39)13-11-16-35(6)7/h14-15,18,22-25,29,38H,9-13,16-17,19-21H2,1-8H3,(H2,33,34,41)/t23-,24+,25+,29+/m0/s1. The molecule has 0 saturated carbocycles. The van der Waals surface area contributed by atoms with Gasteiger partial charge in [0.2, 0.25) is 5.91 Å². The van der Waals surface area contributed by atoms with Crippen molar-refractivity contribution >= 4 is 23.5 Å². The lowest BCUT2D eigenvalue weighted by molar-refractivity contribution is -0.132. The largest absolute Gasteiger partial charge is 0.490 e. The number of nitrogens with one attached hydrogen (secondary N) is 2. The third-order valence-electron chi connectivity index (χ3n) is 7.60. The van der Waals surface area contributed by atoms with Crippen LogP contribution in [0.2, 0.25) is 0 Å². The van der Waals surface area contributed by atoms with Crippen molar-refractivity contribution in [2.24, 2.45) is 5.92 Å². The monoisotopic (exact) mass is 605 g/mol. The number of nitrogens with zero attached hydrogens (tertiary/aromatic N) is 3. The lowest BCUT2D eigenvalue weighted by Gasteiger charge is -2.36. The Balaban J connectivity index is 2.38. The van der Waals surface area contributed by atoms with Crippen molar-refractivity contribution in [3.05, 3.63) is 23.8 Å². The molecule has 0 spiro atoms. The van der Waals surface area contributed by atoms with E-state index in [1.54, 1.807) is 42.0 Å². The number of aliphatic hydroxyl groups is 1. The van der Waals surface area contributed by atoms with Crippen LogP contribution in [0.4, 0.5) is 10.5 Å². The van der Waals surface area contributed by atoms with Crippen molar-refractivity contribution in [1.29, 1.82) is 0 Å². The molecule has 4 amide bonds. The molecule has 1 heterocycles. The molecule has 11 heteroatoms. The van der Waals surface area contributed by atoms with Gasteiger partial charge in [-0.15, -0.1) is 0 Å². The highest BCUT2D eigenvalue weighted by Gasteiger charge is 2.31. The molecule has 1 aliphatic rings. The van der Waals surface area contributed by atoms with Crippen LogP contribution in [0.1, 0.15) is 77.1 Å². The van der Waals surface area contributed by atoms with E-state index in [1.807, 2.05) is 41.8 Å². The molecule has 1 aliphatic heterocycles. The highest BCUT2D eigenvalue weighted by atomic mass is 16.5. The summed E-state index contributed by atoms with van der Waals surface area (Å²) in [7, 11) is 5.79. The van der Waals surface area contributed by atoms with Crippen LogP contribution in [-0.4, -0.2) is 116 Å². The smallest absolute Gasteiger partial charge is 0.319 e. The second-order valence-electron chi connectivity index (χ2n) is 12.4. The Hall–Kier alpha value is -2.89. The summed E-state index contributed by atoms with van der Waals surface area (Å²) in [6.07, 6.45) is 3.29. The first-order chi connectivity index (χ1) is 20.3. The number of aliphatic hydroxyl groups excluding tert-OH is 1. The van der Waals surface area contributed by atoms with Crippen LogP contribution in [0.5, 0.6) is 5.75 Å². The maximum atomic E-state index is 14.2. The molecule has 0 fully saturated rings. The van der Waals surface area contributed by atoms with Gasteiger partial charge in [-0.25, -0.2) is 4.79 Å². The lowest BCUT2D eigenvalue weighted by Crippen LogP contribution is -2.48. The number of amides is 4. The van der Waals surface area contributed by atoms with Crippen LogP contribution < -0.4 is 15.4 Å². The summed E-state index contributed by atoms with van der Waals surface area (Å²) in [6.45, 7) is 11.4. The molecular weight excluding hydrogens is 550 g/mol. The number of hydrogen-bond donors (Lipinski definition) is 3. The number of hydrogen-bond acceptors (Lipinski definition) is 7. The number of anilines is 1. The molecule has 244 valence electrons. The summed E-state index contributed by atoms with van der Waals surface area (Å²) in [5, 5.41) is 15.7. The molecule has 1 aromatic rings. The number of rotatable bonds is 10. The Kier molecular flexibility index (Phi) is 15.2. The van der Waals surface area contributed by atoms with Crippen molar-refractivity contribution < 1.29 is 29.0 Å². The van der Waals surface area contributed by atoms with Gasteiger partial charge in [0, 0.05) is 50.8 Å². The number of ether oxygens (including phenoxy) is 2. The van der Waals surface area contributed by atoms with Gasteiger partial charge in [0.05, 0.1) is 30.4 Å². The fourth-order valence-electron chi connectivity index (χ4n) is 5.00. The molecular formula is C32H55N5O6. The molecule has 0 unspecified atom stereocenters. The van der Waals surface area contributed by atoms with Crippen LogP contribution >= 0.6 is 0 Å². The van der Waals surface area contributed by atoms with E-state index in [9.17, 15) is 19.5 Å². The van der Waals surface area contributed by atoms with Gasteiger partial charge in [0.1, 0.15) is 5.75 Å². The van der Waals surface area contributed by atoms with E-state index in [0.717, 1.165) is 32.2 Å². The van der Waals surface area contributed by atoms with Crippen LogP contribution in [0, 0.1) is 5.92 Å². The number of urea groups is 1. The Morgan fingerprint density at radius 3 is 2.51 bits per heavy atom. The molecule has 2 rings (SSSR count). The van der Waals surface area contributed by atoms with Gasteiger partial charge in [-0.3, -0.25) is 9.59 Å². The molecule has 0 radical (unpaired) electrons.